The summed E-state index contributed by atoms with van der Waals surface area (Å²) >= 11 is 0. The van der Waals surface area contributed by atoms with Crippen molar-refractivity contribution in [2.45, 2.75) is 45.4 Å². The number of allylic oxidation sites excluding steroid dienone is 1. The summed E-state index contributed by atoms with van der Waals surface area (Å²) in [6.07, 6.45) is 12.3. The quantitative estimate of drug-likeness (QED) is 0.336. The summed E-state index contributed by atoms with van der Waals surface area (Å²) in [5, 5.41) is 5.77. The number of anilines is 1. The number of benzene rings is 1. The van der Waals surface area contributed by atoms with E-state index in [1.807, 2.05) is 24.4 Å². The Kier molecular flexibility index (Phi) is 9.00. The van der Waals surface area contributed by atoms with E-state index in [-0.39, 0.29) is 0 Å². The number of aryl methyl sites for hydroxylation is 1. The molecule has 1 heterocycles. The van der Waals surface area contributed by atoms with Crippen LogP contribution in [0, 0.1) is 5.53 Å². The van der Waals surface area contributed by atoms with Gasteiger partial charge < -0.3 is 16.0 Å². The Morgan fingerprint density at radius 2 is 2.00 bits per heavy atom. The fourth-order valence-corrected chi connectivity index (χ4v) is 2.93. The van der Waals surface area contributed by atoms with Crippen molar-refractivity contribution in [1.82, 2.24) is 9.97 Å². The van der Waals surface area contributed by atoms with Gasteiger partial charge in [0, 0.05) is 5.69 Å². The lowest BCUT2D eigenvalue weighted by Crippen LogP contribution is -2.78. The number of nitrogen functional groups attached to an aromatic ring is 1. The zero-order valence-electron chi connectivity index (χ0n) is 16.1. The summed E-state index contributed by atoms with van der Waals surface area (Å²) in [4.78, 5) is 7.05. The summed E-state index contributed by atoms with van der Waals surface area (Å²) < 4.78 is 0. The van der Waals surface area contributed by atoms with Crippen molar-refractivity contribution in [1.29, 1.82) is 5.53 Å². The number of hydrogen-bond acceptors (Lipinski definition) is 4. The van der Waals surface area contributed by atoms with E-state index in [9.17, 15) is 0 Å². The number of imidazole rings is 1. The Bertz CT molecular complexity index is 745. The lowest BCUT2D eigenvalue weighted by molar-refractivity contribution is -0.580. The average Bonchev–Trinajstić information content (AvgIpc) is 3.09. The average molecular weight is 368 g/mol. The summed E-state index contributed by atoms with van der Waals surface area (Å²) in [6.45, 7) is 3.00. The van der Waals surface area contributed by atoms with E-state index in [1.165, 1.54) is 11.1 Å². The monoisotopic (exact) mass is 367 g/mol. The number of rotatable bonds is 12. The van der Waals surface area contributed by atoms with Crippen molar-refractivity contribution < 1.29 is 5.32 Å². The van der Waals surface area contributed by atoms with Crippen molar-refractivity contribution in [2.24, 2.45) is 5.11 Å². The highest BCUT2D eigenvalue weighted by Gasteiger charge is 2.01. The van der Waals surface area contributed by atoms with Gasteiger partial charge in [0.1, 0.15) is 18.4 Å². The zero-order valence-corrected chi connectivity index (χ0v) is 16.1. The number of aromatic amines is 1. The van der Waals surface area contributed by atoms with Gasteiger partial charge in [0.15, 0.2) is 5.95 Å². The van der Waals surface area contributed by atoms with Gasteiger partial charge in [-0.3, -0.25) is 0 Å². The van der Waals surface area contributed by atoms with Crippen LogP contribution in [-0.4, -0.2) is 16.5 Å². The molecule has 0 aliphatic carbocycles. The fraction of sp³-hybridized carbons (Fsp3) is 0.381. The molecule has 0 unspecified atom stereocenters. The topological polar surface area (TPSA) is 108 Å². The van der Waals surface area contributed by atoms with Gasteiger partial charge in [0.05, 0.1) is 6.20 Å². The lowest BCUT2D eigenvalue weighted by atomic mass is 10.1. The molecule has 2 rings (SSSR count). The van der Waals surface area contributed by atoms with Gasteiger partial charge in [-0.05, 0) is 43.7 Å². The van der Waals surface area contributed by atoms with E-state index < -0.39 is 0 Å². The number of nitrogens with zero attached hydrogens (tertiary/aromatic N) is 2. The van der Waals surface area contributed by atoms with E-state index in [1.54, 1.807) is 6.20 Å². The maximum atomic E-state index is 7.36. The van der Waals surface area contributed by atoms with Crippen LogP contribution in [0.5, 0.6) is 0 Å². The van der Waals surface area contributed by atoms with Crippen LogP contribution >= 0.6 is 0 Å². The normalized spacial score (nSPS) is 12.3. The summed E-state index contributed by atoms with van der Waals surface area (Å²) in [5.41, 5.74) is 17.4. The van der Waals surface area contributed by atoms with Crippen LogP contribution in [0.15, 0.2) is 59.1 Å². The number of unbranched alkanes of at least 4 members (excludes halogenated alkanes) is 3. The molecule has 27 heavy (non-hydrogen) atoms. The Labute approximate surface area is 161 Å². The standard InChI is InChI=1S/C21H30N6/c1-17(13-18-9-5-4-6-10-18)14-24-15-20(27-23)12-8-3-2-7-11-19-16-25-21(22)26-19/h4-6,9-10,13,15-16,23-24H,2-3,7-8,11-12,14H2,1H3,(H3,22,25,26)/p+1/b17-13+,20-15-,27-23?. The molecule has 1 aromatic carbocycles. The first-order chi connectivity index (χ1) is 13.2. The second-order valence-corrected chi connectivity index (χ2v) is 6.82. The van der Waals surface area contributed by atoms with Crippen molar-refractivity contribution >= 4 is 12.0 Å². The molecule has 6 heteroatoms. The number of hydrogen-bond donors (Lipinski definition) is 4. The number of aromatic nitrogens is 2. The molecule has 6 nitrogen and oxygen atoms in total. The summed E-state index contributed by atoms with van der Waals surface area (Å²) in [6, 6.07) is 10.3. The largest absolute Gasteiger partial charge is 0.369 e. The molecular formula is C21H31N6+. The highest BCUT2D eigenvalue weighted by molar-refractivity contribution is 5.51. The van der Waals surface area contributed by atoms with Gasteiger partial charge in [-0.2, -0.15) is 5.11 Å². The van der Waals surface area contributed by atoms with Crippen LogP contribution in [0.2, 0.25) is 0 Å². The van der Waals surface area contributed by atoms with Crippen LogP contribution in [0.3, 0.4) is 0 Å². The van der Waals surface area contributed by atoms with Gasteiger partial charge in [-0.25, -0.2) is 10.5 Å². The van der Waals surface area contributed by atoms with E-state index in [0.29, 0.717) is 5.95 Å². The van der Waals surface area contributed by atoms with Crippen molar-refractivity contribution in [3.8, 4) is 0 Å². The third-order valence-corrected chi connectivity index (χ3v) is 4.38. The maximum Gasteiger partial charge on any atom is 0.197 e. The van der Waals surface area contributed by atoms with E-state index in [2.05, 4.69) is 45.5 Å². The molecular weight excluding hydrogens is 336 g/mol. The highest BCUT2D eigenvalue weighted by atomic mass is 15.0. The van der Waals surface area contributed by atoms with Crippen LogP contribution in [0.4, 0.5) is 5.95 Å². The molecule has 144 valence electrons. The van der Waals surface area contributed by atoms with Crippen molar-refractivity contribution in [2.75, 3.05) is 12.3 Å². The van der Waals surface area contributed by atoms with Crippen LogP contribution in [0.25, 0.3) is 6.08 Å². The SMILES string of the molecule is C/C(=C\c1ccccc1)C[NH2+]/C=C(/CCCCCCc1cnc(N)[nH]1)N=N. The van der Waals surface area contributed by atoms with Crippen LogP contribution < -0.4 is 11.1 Å². The molecule has 1 aromatic heterocycles. The smallest absolute Gasteiger partial charge is 0.197 e. The van der Waals surface area contributed by atoms with Gasteiger partial charge in [-0.15, -0.1) is 0 Å². The Hall–Kier alpha value is -2.73. The van der Waals surface area contributed by atoms with Crippen molar-refractivity contribution in [3.63, 3.8) is 0 Å². The lowest BCUT2D eigenvalue weighted by Gasteiger charge is -2.02. The van der Waals surface area contributed by atoms with E-state index in [4.69, 9.17) is 11.3 Å². The molecule has 0 atom stereocenters. The molecule has 0 aliphatic rings. The van der Waals surface area contributed by atoms with Gasteiger partial charge in [0.2, 0.25) is 0 Å². The summed E-state index contributed by atoms with van der Waals surface area (Å²) in [7, 11) is 0. The second kappa shape index (κ2) is 11.8. The zero-order chi connectivity index (χ0) is 19.3. The highest BCUT2D eigenvalue weighted by Crippen LogP contribution is 2.12. The summed E-state index contributed by atoms with van der Waals surface area (Å²) in [5.74, 6) is 0.488. The Morgan fingerprint density at radius 1 is 1.22 bits per heavy atom. The fourth-order valence-electron chi connectivity index (χ4n) is 2.93. The Balaban J connectivity index is 1.61. The molecule has 0 fully saturated rings. The third kappa shape index (κ3) is 8.46. The van der Waals surface area contributed by atoms with E-state index in [0.717, 1.165) is 56.5 Å². The first-order valence-electron chi connectivity index (χ1n) is 9.59. The van der Waals surface area contributed by atoms with Gasteiger partial charge >= 0.3 is 0 Å². The molecule has 0 bridgehead atoms. The number of H-pyrrole nitrogens is 1. The molecule has 0 saturated heterocycles. The minimum Gasteiger partial charge on any atom is -0.369 e. The minimum absolute atomic E-state index is 0.488. The molecule has 0 aliphatic heterocycles. The molecule has 0 saturated carbocycles. The third-order valence-electron chi connectivity index (χ3n) is 4.38. The number of nitrogens with two attached hydrogens (primary N) is 2. The number of nitrogens with one attached hydrogen (secondary N) is 2. The minimum atomic E-state index is 0.488. The first-order valence-corrected chi connectivity index (χ1v) is 9.59. The maximum absolute atomic E-state index is 7.36. The number of quaternary nitrogens is 1. The predicted octanol–water partition coefficient (Wildman–Crippen LogP) is 4.02. The predicted molar refractivity (Wildman–Crippen MR) is 110 cm³/mol. The second-order valence-electron chi connectivity index (χ2n) is 6.82. The molecule has 2 aromatic rings. The Morgan fingerprint density at radius 3 is 2.70 bits per heavy atom. The van der Waals surface area contributed by atoms with Gasteiger partial charge in [0.25, 0.3) is 0 Å². The first kappa shape index (κ1) is 20.6. The molecule has 6 N–H and O–H groups in total. The van der Waals surface area contributed by atoms with Crippen molar-refractivity contribution in [3.05, 3.63) is 65.3 Å². The van der Waals surface area contributed by atoms with Crippen LogP contribution in [-0.2, 0) is 6.42 Å². The molecule has 0 spiro atoms. The molecule has 0 amide bonds. The van der Waals surface area contributed by atoms with Crippen LogP contribution in [0.1, 0.15) is 50.3 Å². The van der Waals surface area contributed by atoms with Gasteiger partial charge in [-0.1, -0.05) is 49.2 Å². The molecule has 0 radical (unpaired) electrons. The van der Waals surface area contributed by atoms with E-state index >= 15 is 0 Å².